The van der Waals surface area contributed by atoms with E-state index in [0.29, 0.717) is 40.5 Å². The maximum absolute atomic E-state index is 12.5. The fraction of sp³-hybridized carbons (Fsp3) is 0.286. The molecule has 0 saturated carbocycles. The normalized spacial score (nSPS) is 17.1. The van der Waals surface area contributed by atoms with Gasteiger partial charge in [-0.15, -0.1) is 0 Å². The first kappa shape index (κ1) is 20.0. The van der Waals surface area contributed by atoms with Crippen LogP contribution in [-0.4, -0.2) is 48.0 Å². The van der Waals surface area contributed by atoms with Gasteiger partial charge in [-0.3, -0.25) is 14.7 Å². The van der Waals surface area contributed by atoms with Crippen LogP contribution in [0.15, 0.2) is 45.6 Å². The van der Waals surface area contributed by atoms with Gasteiger partial charge in [0.2, 0.25) is 5.91 Å². The molecule has 0 radical (unpaired) electrons. The van der Waals surface area contributed by atoms with E-state index in [2.05, 4.69) is 33.1 Å². The number of benzene rings is 2. The first-order chi connectivity index (χ1) is 14.4. The van der Waals surface area contributed by atoms with Gasteiger partial charge in [0.1, 0.15) is 6.07 Å². The Morgan fingerprint density at radius 2 is 2.17 bits per heavy atom. The number of piperazine rings is 1. The minimum Gasteiger partial charge on any atom is -0.408 e. The SMILES string of the molecule is C[C@@H]1CN(CC(=O)Nc2ccc3[nH]c(=O)oc3c2)CCN1c1ccc(Cl)c(C#N)c1. The Balaban J connectivity index is 1.36. The Morgan fingerprint density at radius 1 is 1.33 bits per heavy atom. The lowest BCUT2D eigenvalue weighted by Crippen LogP contribution is -2.53. The number of H-pyrrole nitrogens is 1. The number of carbonyl (C=O) groups excluding carboxylic acids is 1. The number of nitrogens with one attached hydrogen (secondary N) is 2. The van der Waals surface area contributed by atoms with Gasteiger partial charge >= 0.3 is 5.76 Å². The zero-order valence-electron chi connectivity index (χ0n) is 16.3. The van der Waals surface area contributed by atoms with Crippen LogP contribution in [0.3, 0.4) is 0 Å². The highest BCUT2D eigenvalue weighted by Crippen LogP contribution is 2.26. The molecule has 1 atom stereocenters. The van der Waals surface area contributed by atoms with Crippen LogP contribution in [-0.2, 0) is 4.79 Å². The molecule has 1 aliphatic rings. The largest absolute Gasteiger partial charge is 0.417 e. The maximum Gasteiger partial charge on any atom is 0.417 e. The van der Waals surface area contributed by atoms with Crippen LogP contribution in [0.2, 0.25) is 5.02 Å². The van der Waals surface area contributed by atoms with Gasteiger partial charge in [-0.05, 0) is 37.3 Å². The smallest absolute Gasteiger partial charge is 0.408 e. The van der Waals surface area contributed by atoms with Gasteiger partial charge in [-0.2, -0.15) is 5.26 Å². The van der Waals surface area contributed by atoms with Crippen LogP contribution in [0.5, 0.6) is 0 Å². The van der Waals surface area contributed by atoms with Crippen molar-refractivity contribution < 1.29 is 9.21 Å². The maximum atomic E-state index is 12.5. The fourth-order valence-corrected chi connectivity index (χ4v) is 3.92. The van der Waals surface area contributed by atoms with E-state index in [1.807, 2.05) is 6.07 Å². The number of carbonyl (C=O) groups is 1. The van der Waals surface area contributed by atoms with E-state index in [-0.39, 0.29) is 18.5 Å². The van der Waals surface area contributed by atoms with E-state index in [9.17, 15) is 14.9 Å². The van der Waals surface area contributed by atoms with Crippen LogP contribution in [0.4, 0.5) is 11.4 Å². The molecule has 1 aromatic heterocycles. The van der Waals surface area contributed by atoms with Crippen molar-refractivity contribution in [3.8, 4) is 6.07 Å². The summed E-state index contributed by atoms with van der Waals surface area (Å²) in [5, 5.41) is 12.5. The lowest BCUT2D eigenvalue weighted by Gasteiger charge is -2.41. The number of hydrogen-bond donors (Lipinski definition) is 2. The Labute approximate surface area is 177 Å². The van der Waals surface area contributed by atoms with Gasteiger partial charge in [0.25, 0.3) is 0 Å². The summed E-state index contributed by atoms with van der Waals surface area (Å²) in [6, 6.07) is 12.8. The molecule has 2 heterocycles. The highest BCUT2D eigenvalue weighted by molar-refractivity contribution is 6.31. The van der Waals surface area contributed by atoms with E-state index in [1.54, 1.807) is 30.3 Å². The van der Waals surface area contributed by atoms with E-state index in [4.69, 9.17) is 16.0 Å². The molecule has 2 aromatic carbocycles. The van der Waals surface area contributed by atoms with Crippen LogP contribution >= 0.6 is 11.6 Å². The number of nitrogens with zero attached hydrogens (tertiary/aromatic N) is 3. The number of halogens is 1. The average molecular weight is 426 g/mol. The number of amides is 1. The van der Waals surface area contributed by atoms with Gasteiger partial charge < -0.3 is 14.6 Å². The number of oxazole rings is 1. The summed E-state index contributed by atoms with van der Waals surface area (Å²) in [5.74, 6) is -0.658. The second-order valence-corrected chi connectivity index (χ2v) is 7.73. The van der Waals surface area contributed by atoms with Crippen LogP contribution in [0.1, 0.15) is 12.5 Å². The number of anilines is 2. The quantitative estimate of drug-likeness (QED) is 0.665. The Kier molecular flexibility index (Phi) is 5.48. The summed E-state index contributed by atoms with van der Waals surface area (Å²) in [5.41, 5.74) is 2.98. The van der Waals surface area contributed by atoms with Gasteiger partial charge in [-0.25, -0.2) is 4.79 Å². The highest BCUT2D eigenvalue weighted by atomic mass is 35.5. The molecule has 0 unspecified atom stereocenters. The van der Waals surface area contributed by atoms with E-state index in [1.165, 1.54) is 0 Å². The molecule has 2 N–H and O–H groups in total. The van der Waals surface area contributed by atoms with E-state index >= 15 is 0 Å². The minimum atomic E-state index is -0.525. The molecule has 1 saturated heterocycles. The van der Waals surface area contributed by atoms with Gasteiger partial charge in [0.05, 0.1) is 22.6 Å². The number of fused-ring (bicyclic) bond motifs is 1. The standard InChI is InChI=1S/C21H20ClN5O3/c1-13-11-26(6-7-27(13)16-3-4-17(22)14(8-16)10-23)12-20(28)24-15-2-5-18-19(9-15)30-21(29)25-18/h2-5,8-9,13H,6-7,11-12H2,1H3,(H,24,28)(H,25,29)/t13-/m1/s1. The van der Waals surface area contributed by atoms with Gasteiger partial charge in [-0.1, -0.05) is 11.6 Å². The average Bonchev–Trinajstić information content (AvgIpc) is 3.08. The van der Waals surface area contributed by atoms with E-state index < -0.39 is 5.76 Å². The molecule has 1 aliphatic heterocycles. The zero-order valence-corrected chi connectivity index (χ0v) is 17.1. The third-order valence-corrected chi connectivity index (χ3v) is 5.52. The molecule has 9 heteroatoms. The molecule has 154 valence electrons. The summed E-state index contributed by atoms with van der Waals surface area (Å²) in [6.07, 6.45) is 0. The lowest BCUT2D eigenvalue weighted by atomic mass is 10.1. The molecule has 4 rings (SSSR count). The van der Waals surface area contributed by atoms with Crippen LogP contribution in [0, 0.1) is 11.3 Å². The number of hydrogen-bond acceptors (Lipinski definition) is 6. The molecule has 3 aromatic rings. The third-order valence-electron chi connectivity index (χ3n) is 5.19. The third kappa shape index (κ3) is 4.17. The van der Waals surface area contributed by atoms with Crippen molar-refractivity contribution in [2.45, 2.75) is 13.0 Å². The first-order valence-corrected chi connectivity index (χ1v) is 9.92. The molecular weight excluding hydrogens is 406 g/mol. The van der Waals surface area contributed by atoms with Crippen LogP contribution in [0.25, 0.3) is 11.1 Å². The summed E-state index contributed by atoms with van der Waals surface area (Å²) in [4.78, 5) is 30.6. The van der Waals surface area contributed by atoms with Crippen molar-refractivity contribution >= 4 is 40.0 Å². The summed E-state index contributed by atoms with van der Waals surface area (Å²) in [6.45, 7) is 4.52. The molecule has 30 heavy (non-hydrogen) atoms. The second-order valence-electron chi connectivity index (χ2n) is 7.33. The molecular formula is C21H20ClN5O3. The van der Waals surface area contributed by atoms with Crippen molar-refractivity contribution in [1.82, 2.24) is 9.88 Å². The molecule has 1 amide bonds. The molecule has 0 bridgehead atoms. The number of aromatic amines is 1. The predicted molar refractivity (Wildman–Crippen MR) is 115 cm³/mol. The first-order valence-electron chi connectivity index (χ1n) is 9.54. The summed E-state index contributed by atoms with van der Waals surface area (Å²) < 4.78 is 5.03. The predicted octanol–water partition coefficient (Wildman–Crippen LogP) is 2.80. The molecule has 0 spiro atoms. The Hall–Kier alpha value is -3.28. The van der Waals surface area contributed by atoms with Crippen molar-refractivity contribution in [3.05, 3.63) is 57.5 Å². The Bertz CT molecular complexity index is 1200. The molecule has 8 nitrogen and oxygen atoms in total. The van der Waals surface area contributed by atoms with Gasteiger partial charge in [0.15, 0.2) is 5.58 Å². The number of nitriles is 1. The fourth-order valence-electron chi connectivity index (χ4n) is 3.76. The number of rotatable bonds is 4. The van der Waals surface area contributed by atoms with E-state index in [0.717, 1.165) is 12.2 Å². The Morgan fingerprint density at radius 3 is 2.93 bits per heavy atom. The van der Waals surface area contributed by atoms with Gasteiger partial charge in [0, 0.05) is 43.1 Å². The second kappa shape index (κ2) is 8.22. The minimum absolute atomic E-state index is 0.133. The monoisotopic (exact) mass is 425 g/mol. The summed E-state index contributed by atoms with van der Waals surface area (Å²) in [7, 11) is 0. The van der Waals surface area contributed by atoms with Crippen molar-refractivity contribution in [1.29, 1.82) is 5.26 Å². The zero-order chi connectivity index (χ0) is 21.3. The molecule has 0 aliphatic carbocycles. The topological polar surface area (TPSA) is 105 Å². The highest BCUT2D eigenvalue weighted by Gasteiger charge is 2.25. The van der Waals surface area contributed by atoms with Crippen LogP contribution < -0.4 is 16.0 Å². The summed E-state index contributed by atoms with van der Waals surface area (Å²) >= 11 is 6.04. The van der Waals surface area contributed by atoms with Crippen molar-refractivity contribution in [3.63, 3.8) is 0 Å². The molecule has 1 fully saturated rings. The number of aromatic nitrogens is 1. The lowest BCUT2D eigenvalue weighted by molar-refractivity contribution is -0.117. The van der Waals surface area contributed by atoms with Crippen molar-refractivity contribution in [2.24, 2.45) is 0 Å². The van der Waals surface area contributed by atoms with Crippen molar-refractivity contribution in [2.75, 3.05) is 36.4 Å².